The van der Waals surface area contributed by atoms with E-state index in [-0.39, 0.29) is 11.8 Å². The van der Waals surface area contributed by atoms with Gasteiger partial charge in [0, 0.05) is 31.6 Å². The molecule has 0 unspecified atom stereocenters. The number of hydrogen-bond acceptors (Lipinski definition) is 2. The maximum atomic E-state index is 12.2. The smallest absolute Gasteiger partial charge is 0.223 e. The second-order valence-electron chi connectivity index (χ2n) is 6.67. The van der Waals surface area contributed by atoms with Gasteiger partial charge in [0.15, 0.2) is 0 Å². The normalized spacial score (nSPS) is 15.3. The Morgan fingerprint density at radius 1 is 1.09 bits per heavy atom. The summed E-state index contributed by atoms with van der Waals surface area (Å²) in [5.74, 6) is 0.0213. The zero-order valence-electron chi connectivity index (χ0n) is 14.5. The van der Waals surface area contributed by atoms with Gasteiger partial charge in [-0.2, -0.15) is 0 Å². The molecule has 4 heteroatoms. The third-order valence-corrected chi connectivity index (χ3v) is 4.43. The van der Waals surface area contributed by atoms with E-state index < -0.39 is 0 Å². The topological polar surface area (TPSA) is 49.4 Å². The van der Waals surface area contributed by atoms with Crippen LogP contribution in [0.4, 0.5) is 5.69 Å². The highest BCUT2D eigenvalue weighted by Crippen LogP contribution is 2.20. The molecule has 0 saturated heterocycles. The molecular formula is C19H28N2O2. The largest absolute Gasteiger partial charge is 0.353 e. The molecule has 1 aromatic carbocycles. The number of carbonyl (C=O) groups excluding carboxylic acids is 2. The molecule has 4 nitrogen and oxygen atoms in total. The van der Waals surface area contributed by atoms with E-state index in [4.69, 9.17) is 0 Å². The predicted molar refractivity (Wildman–Crippen MR) is 93.6 cm³/mol. The van der Waals surface area contributed by atoms with Crippen molar-refractivity contribution in [1.82, 2.24) is 5.32 Å². The molecule has 0 heterocycles. The van der Waals surface area contributed by atoms with Gasteiger partial charge >= 0.3 is 0 Å². The Balaban J connectivity index is 1.94. The van der Waals surface area contributed by atoms with E-state index in [9.17, 15) is 9.59 Å². The van der Waals surface area contributed by atoms with Gasteiger partial charge in [0.25, 0.3) is 0 Å². The summed E-state index contributed by atoms with van der Waals surface area (Å²) >= 11 is 0. The van der Waals surface area contributed by atoms with Crippen molar-refractivity contribution in [2.24, 2.45) is 0 Å². The second-order valence-corrected chi connectivity index (χ2v) is 6.67. The van der Waals surface area contributed by atoms with Crippen LogP contribution in [0.2, 0.25) is 0 Å². The van der Waals surface area contributed by atoms with Crippen molar-refractivity contribution in [2.75, 3.05) is 11.4 Å². The summed E-state index contributed by atoms with van der Waals surface area (Å²) in [4.78, 5) is 25.8. The molecule has 1 saturated carbocycles. The molecule has 1 N–H and O–H groups in total. The molecule has 1 fully saturated rings. The summed E-state index contributed by atoms with van der Waals surface area (Å²) in [6.45, 7) is 6.02. The van der Waals surface area contributed by atoms with Gasteiger partial charge in [-0.1, -0.05) is 25.3 Å². The molecule has 1 aliphatic rings. The first-order valence-corrected chi connectivity index (χ1v) is 8.61. The van der Waals surface area contributed by atoms with Gasteiger partial charge in [-0.3, -0.25) is 9.59 Å². The van der Waals surface area contributed by atoms with Crippen molar-refractivity contribution in [3.63, 3.8) is 0 Å². The number of carbonyl (C=O) groups is 2. The van der Waals surface area contributed by atoms with Crippen LogP contribution in [0.25, 0.3) is 0 Å². The van der Waals surface area contributed by atoms with Crippen LogP contribution in [0.3, 0.4) is 0 Å². The van der Waals surface area contributed by atoms with Crippen molar-refractivity contribution < 1.29 is 9.59 Å². The summed E-state index contributed by atoms with van der Waals surface area (Å²) < 4.78 is 0. The van der Waals surface area contributed by atoms with E-state index in [2.05, 4.69) is 11.4 Å². The number of amides is 2. The average molecular weight is 316 g/mol. The Bertz CT molecular complexity index is 542. The Labute approximate surface area is 139 Å². The maximum absolute atomic E-state index is 12.2. The lowest BCUT2D eigenvalue weighted by atomic mass is 9.95. The molecule has 1 aliphatic carbocycles. The Kier molecular flexibility index (Phi) is 6.20. The summed E-state index contributed by atoms with van der Waals surface area (Å²) in [7, 11) is 0. The summed E-state index contributed by atoms with van der Waals surface area (Å²) in [6, 6.07) is 6.39. The van der Waals surface area contributed by atoms with Crippen LogP contribution in [0.1, 0.15) is 56.6 Å². The van der Waals surface area contributed by atoms with Gasteiger partial charge in [0.05, 0.1) is 0 Å². The fourth-order valence-corrected chi connectivity index (χ4v) is 3.33. The lowest BCUT2D eigenvalue weighted by Crippen LogP contribution is -2.39. The first kappa shape index (κ1) is 17.5. The number of hydrogen-bond donors (Lipinski definition) is 1. The standard InChI is InChI=1S/C19H28N2O2/c1-14-11-15(2)13-18(12-14)21(16(3)22)10-9-19(23)20-17-7-5-4-6-8-17/h11-13,17H,4-10H2,1-3H3,(H,20,23). The van der Waals surface area contributed by atoms with Crippen LogP contribution in [0, 0.1) is 13.8 Å². The van der Waals surface area contributed by atoms with Crippen LogP contribution < -0.4 is 10.2 Å². The van der Waals surface area contributed by atoms with Crippen molar-refractivity contribution in [1.29, 1.82) is 0 Å². The van der Waals surface area contributed by atoms with Crippen LogP contribution in [0.5, 0.6) is 0 Å². The van der Waals surface area contributed by atoms with Gasteiger partial charge in [-0.15, -0.1) is 0 Å². The molecule has 0 atom stereocenters. The highest BCUT2D eigenvalue weighted by Gasteiger charge is 2.18. The predicted octanol–water partition coefficient (Wildman–Crippen LogP) is 3.50. The zero-order valence-corrected chi connectivity index (χ0v) is 14.5. The molecule has 23 heavy (non-hydrogen) atoms. The monoisotopic (exact) mass is 316 g/mol. The van der Waals surface area contributed by atoms with Gasteiger partial charge in [-0.25, -0.2) is 0 Å². The molecule has 2 amide bonds. The summed E-state index contributed by atoms with van der Waals surface area (Å²) in [5.41, 5.74) is 3.12. The number of aryl methyl sites for hydroxylation is 2. The highest BCUT2D eigenvalue weighted by molar-refractivity contribution is 5.92. The Hall–Kier alpha value is -1.84. The third kappa shape index (κ3) is 5.38. The number of nitrogens with zero attached hydrogens (tertiary/aromatic N) is 1. The van der Waals surface area contributed by atoms with E-state index in [0.29, 0.717) is 19.0 Å². The number of benzene rings is 1. The molecule has 0 spiro atoms. The van der Waals surface area contributed by atoms with Crippen molar-refractivity contribution >= 4 is 17.5 Å². The summed E-state index contributed by atoms with van der Waals surface area (Å²) in [5, 5.41) is 3.11. The van der Waals surface area contributed by atoms with E-state index in [0.717, 1.165) is 29.7 Å². The molecule has 2 rings (SSSR count). The Morgan fingerprint density at radius 3 is 2.26 bits per heavy atom. The third-order valence-electron chi connectivity index (χ3n) is 4.43. The van der Waals surface area contributed by atoms with Crippen LogP contribution in [0.15, 0.2) is 18.2 Å². The van der Waals surface area contributed by atoms with Gasteiger partial charge in [-0.05, 0) is 49.9 Å². The van der Waals surface area contributed by atoms with Crippen molar-refractivity contribution in [3.05, 3.63) is 29.3 Å². The van der Waals surface area contributed by atoms with Gasteiger partial charge in [0.2, 0.25) is 11.8 Å². The van der Waals surface area contributed by atoms with Crippen molar-refractivity contribution in [3.8, 4) is 0 Å². The van der Waals surface area contributed by atoms with Crippen LogP contribution in [-0.2, 0) is 9.59 Å². The number of rotatable bonds is 5. The summed E-state index contributed by atoms with van der Waals surface area (Å²) in [6.07, 6.45) is 6.19. The lowest BCUT2D eigenvalue weighted by Gasteiger charge is -2.25. The molecular weight excluding hydrogens is 288 g/mol. The fourth-order valence-electron chi connectivity index (χ4n) is 3.33. The SMILES string of the molecule is CC(=O)N(CCC(=O)NC1CCCCC1)c1cc(C)cc(C)c1. The molecule has 0 aromatic heterocycles. The minimum Gasteiger partial charge on any atom is -0.353 e. The minimum absolute atomic E-state index is 0.0273. The maximum Gasteiger partial charge on any atom is 0.223 e. The first-order chi connectivity index (χ1) is 11.0. The molecule has 0 aliphatic heterocycles. The molecule has 1 aromatic rings. The molecule has 0 radical (unpaired) electrons. The number of anilines is 1. The van der Waals surface area contributed by atoms with Crippen LogP contribution in [-0.4, -0.2) is 24.4 Å². The zero-order chi connectivity index (χ0) is 16.8. The number of nitrogens with one attached hydrogen (secondary N) is 1. The second kappa shape index (κ2) is 8.14. The minimum atomic E-state index is -0.0273. The van der Waals surface area contributed by atoms with E-state index in [1.54, 1.807) is 11.8 Å². The van der Waals surface area contributed by atoms with E-state index in [1.165, 1.54) is 19.3 Å². The molecule has 0 bridgehead atoms. The van der Waals surface area contributed by atoms with Crippen LogP contribution >= 0.6 is 0 Å². The highest BCUT2D eigenvalue weighted by atomic mass is 16.2. The average Bonchev–Trinajstić information content (AvgIpc) is 2.47. The molecule has 126 valence electrons. The van der Waals surface area contributed by atoms with Gasteiger partial charge in [0.1, 0.15) is 0 Å². The first-order valence-electron chi connectivity index (χ1n) is 8.61. The van der Waals surface area contributed by atoms with E-state index in [1.807, 2.05) is 26.0 Å². The quantitative estimate of drug-likeness (QED) is 0.904. The van der Waals surface area contributed by atoms with E-state index >= 15 is 0 Å². The van der Waals surface area contributed by atoms with Gasteiger partial charge < -0.3 is 10.2 Å². The lowest BCUT2D eigenvalue weighted by molar-refractivity contribution is -0.121. The van der Waals surface area contributed by atoms with Crippen molar-refractivity contribution in [2.45, 2.75) is 65.3 Å². The fraction of sp³-hybridized carbons (Fsp3) is 0.579. The Morgan fingerprint density at radius 2 is 1.70 bits per heavy atom.